The quantitative estimate of drug-likeness (QED) is 0.850. The van der Waals surface area contributed by atoms with Crippen LogP contribution in [0, 0.1) is 0 Å². The summed E-state index contributed by atoms with van der Waals surface area (Å²) < 4.78 is 6.92. The Balaban J connectivity index is 2.46. The molecule has 102 valence electrons. The summed E-state index contributed by atoms with van der Waals surface area (Å²) in [5.41, 5.74) is 7.29. The van der Waals surface area contributed by atoms with Gasteiger partial charge in [0.25, 0.3) is 0 Å². The molecule has 0 fully saturated rings. The van der Waals surface area contributed by atoms with Crippen LogP contribution in [0.4, 0.5) is 5.69 Å². The number of hydrogen-bond donors (Lipinski definition) is 1. The Morgan fingerprint density at radius 1 is 1.47 bits per heavy atom. The molecular formula is C12H16ClN5O. The summed E-state index contributed by atoms with van der Waals surface area (Å²) >= 11 is 6.00. The van der Waals surface area contributed by atoms with Gasteiger partial charge in [-0.2, -0.15) is 0 Å². The Morgan fingerprint density at radius 2 is 2.26 bits per heavy atom. The molecule has 0 bridgehead atoms. The maximum absolute atomic E-state index is 6.00. The number of hydrogen-bond acceptors (Lipinski definition) is 5. The number of nitrogen functional groups attached to an aromatic ring is 1. The van der Waals surface area contributed by atoms with Crippen molar-refractivity contribution in [3.05, 3.63) is 23.2 Å². The number of tetrazole rings is 1. The molecule has 1 aromatic heterocycles. The van der Waals surface area contributed by atoms with Crippen molar-refractivity contribution in [2.24, 2.45) is 0 Å². The van der Waals surface area contributed by atoms with Gasteiger partial charge in [0, 0.05) is 23.4 Å². The third-order valence-electron chi connectivity index (χ3n) is 2.93. The number of nitrogens with zero attached hydrogens (tertiary/aromatic N) is 4. The smallest absolute Gasteiger partial charge is 0.184 e. The van der Waals surface area contributed by atoms with Gasteiger partial charge in [0.2, 0.25) is 0 Å². The lowest BCUT2D eigenvalue weighted by molar-refractivity contribution is 0.147. The van der Waals surface area contributed by atoms with E-state index in [9.17, 15) is 0 Å². The third-order valence-corrected chi connectivity index (χ3v) is 3.16. The van der Waals surface area contributed by atoms with Crippen LogP contribution in [0.15, 0.2) is 18.2 Å². The fraction of sp³-hybridized carbons (Fsp3) is 0.417. The highest BCUT2D eigenvalue weighted by molar-refractivity contribution is 6.31. The lowest BCUT2D eigenvalue weighted by Crippen LogP contribution is -2.17. The van der Waals surface area contributed by atoms with Crippen LogP contribution in [0.1, 0.15) is 19.4 Å². The van der Waals surface area contributed by atoms with E-state index in [-0.39, 0.29) is 6.04 Å². The molecule has 0 radical (unpaired) electrons. The standard InChI is InChI=1S/C12H16ClN5O/c1-3-9(7-19-2)18-12(15-16-17-18)10-6-8(13)4-5-11(10)14/h4-6,9H,3,7,14H2,1-2H3. The monoisotopic (exact) mass is 281 g/mol. The second kappa shape index (κ2) is 5.99. The molecule has 2 rings (SSSR count). The van der Waals surface area contributed by atoms with Crippen LogP contribution in [0.5, 0.6) is 0 Å². The first kappa shape index (κ1) is 13.8. The molecule has 6 nitrogen and oxygen atoms in total. The van der Waals surface area contributed by atoms with Gasteiger partial charge >= 0.3 is 0 Å². The van der Waals surface area contributed by atoms with Gasteiger partial charge in [-0.05, 0) is 35.0 Å². The SMILES string of the molecule is CCC(COC)n1nnnc1-c1cc(Cl)ccc1N. The van der Waals surface area contributed by atoms with Crippen molar-refractivity contribution in [2.45, 2.75) is 19.4 Å². The summed E-state index contributed by atoms with van der Waals surface area (Å²) in [5, 5.41) is 12.4. The van der Waals surface area contributed by atoms with E-state index in [2.05, 4.69) is 22.4 Å². The van der Waals surface area contributed by atoms with E-state index in [0.717, 1.165) is 12.0 Å². The number of benzene rings is 1. The van der Waals surface area contributed by atoms with E-state index in [1.54, 1.807) is 30.0 Å². The van der Waals surface area contributed by atoms with Gasteiger partial charge in [-0.15, -0.1) is 5.10 Å². The molecule has 2 aromatic rings. The van der Waals surface area contributed by atoms with Gasteiger partial charge in [0.05, 0.1) is 12.6 Å². The van der Waals surface area contributed by atoms with Gasteiger partial charge < -0.3 is 10.5 Å². The Kier molecular flexibility index (Phi) is 4.34. The van der Waals surface area contributed by atoms with E-state index in [0.29, 0.717) is 23.1 Å². The van der Waals surface area contributed by atoms with E-state index >= 15 is 0 Å². The Morgan fingerprint density at radius 3 is 2.95 bits per heavy atom. The molecule has 0 amide bonds. The lowest BCUT2D eigenvalue weighted by atomic mass is 10.1. The maximum Gasteiger partial charge on any atom is 0.184 e. The predicted molar refractivity (Wildman–Crippen MR) is 73.9 cm³/mol. The molecule has 0 saturated carbocycles. The predicted octanol–water partition coefficient (Wildman–Crippen LogP) is 2.17. The van der Waals surface area contributed by atoms with Gasteiger partial charge in [-0.3, -0.25) is 0 Å². The first-order chi connectivity index (χ1) is 9.17. The number of aromatic nitrogens is 4. The highest BCUT2D eigenvalue weighted by Gasteiger charge is 2.18. The Bertz CT molecular complexity index is 557. The molecule has 1 aromatic carbocycles. The van der Waals surface area contributed by atoms with Crippen molar-refractivity contribution in [3.8, 4) is 11.4 Å². The van der Waals surface area contributed by atoms with Crippen LogP contribution in [-0.2, 0) is 4.74 Å². The molecule has 1 atom stereocenters. The van der Waals surface area contributed by atoms with Crippen LogP contribution >= 0.6 is 11.6 Å². The van der Waals surface area contributed by atoms with Crippen LogP contribution in [-0.4, -0.2) is 33.9 Å². The van der Waals surface area contributed by atoms with E-state index in [1.165, 1.54) is 0 Å². The minimum Gasteiger partial charge on any atom is -0.398 e. The number of nitrogens with two attached hydrogens (primary N) is 1. The van der Waals surface area contributed by atoms with Crippen LogP contribution in [0.3, 0.4) is 0 Å². The van der Waals surface area contributed by atoms with Gasteiger partial charge in [-0.1, -0.05) is 18.5 Å². The van der Waals surface area contributed by atoms with Crippen molar-refractivity contribution < 1.29 is 4.74 Å². The molecule has 19 heavy (non-hydrogen) atoms. The second-order valence-electron chi connectivity index (χ2n) is 4.20. The summed E-state index contributed by atoms with van der Waals surface area (Å²) in [6.45, 7) is 2.59. The van der Waals surface area contributed by atoms with Crippen molar-refractivity contribution >= 4 is 17.3 Å². The molecule has 0 aliphatic rings. The zero-order chi connectivity index (χ0) is 13.8. The maximum atomic E-state index is 6.00. The molecule has 1 heterocycles. The summed E-state index contributed by atoms with van der Waals surface area (Å²) in [7, 11) is 1.65. The molecule has 0 aliphatic heterocycles. The van der Waals surface area contributed by atoms with E-state index in [4.69, 9.17) is 22.1 Å². The zero-order valence-corrected chi connectivity index (χ0v) is 11.6. The molecule has 2 N–H and O–H groups in total. The molecule has 1 unspecified atom stereocenters. The highest BCUT2D eigenvalue weighted by atomic mass is 35.5. The summed E-state index contributed by atoms with van der Waals surface area (Å²) in [5.74, 6) is 0.601. The summed E-state index contributed by atoms with van der Waals surface area (Å²) in [4.78, 5) is 0. The first-order valence-corrected chi connectivity index (χ1v) is 6.37. The van der Waals surface area contributed by atoms with Gasteiger partial charge in [0.15, 0.2) is 5.82 Å². The number of rotatable bonds is 5. The number of methoxy groups -OCH3 is 1. The fourth-order valence-electron chi connectivity index (χ4n) is 1.89. The Labute approximate surface area is 116 Å². The van der Waals surface area contributed by atoms with E-state index < -0.39 is 0 Å². The minimum atomic E-state index is 0.0633. The topological polar surface area (TPSA) is 78.8 Å². The largest absolute Gasteiger partial charge is 0.398 e. The number of halogens is 1. The highest BCUT2D eigenvalue weighted by Crippen LogP contribution is 2.28. The van der Waals surface area contributed by atoms with Gasteiger partial charge in [0.1, 0.15) is 0 Å². The van der Waals surface area contributed by atoms with Crippen molar-refractivity contribution in [1.29, 1.82) is 0 Å². The van der Waals surface area contributed by atoms with Crippen LogP contribution in [0.2, 0.25) is 5.02 Å². The fourth-order valence-corrected chi connectivity index (χ4v) is 2.06. The van der Waals surface area contributed by atoms with Crippen LogP contribution < -0.4 is 5.73 Å². The normalized spacial score (nSPS) is 12.6. The van der Waals surface area contributed by atoms with E-state index in [1.807, 2.05) is 0 Å². The zero-order valence-electron chi connectivity index (χ0n) is 10.9. The number of anilines is 1. The molecule has 7 heteroatoms. The molecule has 0 spiro atoms. The van der Waals surface area contributed by atoms with Crippen molar-refractivity contribution in [2.75, 3.05) is 19.5 Å². The van der Waals surface area contributed by atoms with Gasteiger partial charge in [-0.25, -0.2) is 4.68 Å². The summed E-state index contributed by atoms with van der Waals surface area (Å²) in [6, 6.07) is 5.31. The average Bonchev–Trinajstić information content (AvgIpc) is 2.87. The second-order valence-corrected chi connectivity index (χ2v) is 4.63. The van der Waals surface area contributed by atoms with Crippen LogP contribution in [0.25, 0.3) is 11.4 Å². The molecular weight excluding hydrogens is 266 g/mol. The first-order valence-electron chi connectivity index (χ1n) is 5.99. The van der Waals surface area contributed by atoms with Crippen molar-refractivity contribution in [1.82, 2.24) is 20.2 Å². The number of ether oxygens (including phenoxy) is 1. The minimum absolute atomic E-state index is 0.0633. The Hall–Kier alpha value is -1.66. The third kappa shape index (κ3) is 2.85. The molecule has 0 aliphatic carbocycles. The average molecular weight is 282 g/mol. The lowest BCUT2D eigenvalue weighted by Gasteiger charge is -2.16. The van der Waals surface area contributed by atoms with Crippen molar-refractivity contribution in [3.63, 3.8) is 0 Å². The molecule has 0 saturated heterocycles. The summed E-state index contributed by atoms with van der Waals surface area (Å²) in [6.07, 6.45) is 0.854.